The van der Waals surface area contributed by atoms with Crippen LogP contribution in [0, 0.1) is 0 Å². The summed E-state index contributed by atoms with van der Waals surface area (Å²) in [7, 11) is -1.23. The molecular formula is C6H18BP2+. The summed E-state index contributed by atoms with van der Waals surface area (Å²) in [6.45, 7) is 16.8. The molecule has 0 rings (SSSR count). The Morgan fingerprint density at radius 1 is 0.667 bits per heavy atom. The molecule has 0 aromatic carbocycles. The Morgan fingerprint density at radius 2 is 0.889 bits per heavy atom. The molecule has 0 heterocycles. The van der Waals surface area contributed by atoms with Gasteiger partial charge in [-0.25, -0.2) is 0 Å². The van der Waals surface area contributed by atoms with Crippen LogP contribution >= 0.6 is 14.3 Å². The second-order valence-electron chi connectivity index (χ2n) is 4.35. The zero-order chi connectivity index (χ0) is 7.71. The van der Waals surface area contributed by atoms with Crippen molar-refractivity contribution in [3.8, 4) is 0 Å². The van der Waals surface area contributed by atoms with Gasteiger partial charge in [0.05, 0.1) is 0 Å². The fraction of sp³-hybridized carbons (Fsp3) is 1.00. The molecule has 0 unspecified atom stereocenters. The van der Waals surface area contributed by atoms with Gasteiger partial charge in [0.15, 0.2) is 6.72 Å². The van der Waals surface area contributed by atoms with Crippen LogP contribution in [0.3, 0.4) is 0 Å². The Balaban J connectivity index is 3.75. The molecule has 3 heteroatoms. The zero-order valence-corrected chi connectivity index (χ0v) is 9.26. The lowest BCUT2D eigenvalue weighted by Gasteiger charge is -2.29. The Kier molecular flexibility index (Phi) is 3.19. The van der Waals surface area contributed by atoms with Crippen LogP contribution in [0.4, 0.5) is 0 Å². The van der Waals surface area contributed by atoms with Crippen LogP contribution in [0.25, 0.3) is 0 Å². The normalized spacial score (nSPS) is 14.0. The summed E-state index contributed by atoms with van der Waals surface area (Å²) in [6, 6.07) is 0. The van der Waals surface area contributed by atoms with E-state index in [0.717, 1.165) is 0 Å². The van der Waals surface area contributed by atoms with Crippen molar-refractivity contribution in [3.05, 3.63) is 0 Å². The average molecular weight is 163 g/mol. The highest BCUT2D eigenvalue weighted by Crippen LogP contribution is 2.61. The Morgan fingerprint density at radius 3 is 0.889 bits per heavy atom. The molecule has 0 spiro atoms. The minimum Gasteiger partial charge on any atom is -0.170 e. The van der Waals surface area contributed by atoms with Gasteiger partial charge in [0.2, 0.25) is 0 Å². The van der Waals surface area contributed by atoms with Crippen LogP contribution in [0.5, 0.6) is 0 Å². The van der Waals surface area contributed by atoms with Crippen LogP contribution in [0.15, 0.2) is 0 Å². The molecule has 0 N–H and O–H groups in total. The van der Waals surface area contributed by atoms with E-state index in [1.165, 1.54) is 0 Å². The molecule has 0 aliphatic carbocycles. The topological polar surface area (TPSA) is 0 Å². The van der Waals surface area contributed by atoms with E-state index in [9.17, 15) is 0 Å². The molecule has 2 radical (unpaired) electrons. The molecule has 0 aromatic heterocycles. The maximum absolute atomic E-state index is 2.60. The third-order valence-corrected chi connectivity index (χ3v) is 6.24. The lowest BCUT2D eigenvalue weighted by atomic mass is 10.7. The largest absolute Gasteiger partial charge is 0.170 e. The van der Waals surface area contributed by atoms with Gasteiger partial charge in [-0.15, -0.1) is 0 Å². The van der Waals surface area contributed by atoms with Gasteiger partial charge in [-0.3, -0.25) is 0 Å². The van der Waals surface area contributed by atoms with Crippen LogP contribution in [-0.2, 0) is 0 Å². The lowest BCUT2D eigenvalue weighted by Crippen LogP contribution is -2.01. The predicted molar refractivity (Wildman–Crippen MR) is 55.1 cm³/mol. The van der Waals surface area contributed by atoms with E-state index >= 15 is 0 Å². The Labute approximate surface area is 61.6 Å². The van der Waals surface area contributed by atoms with E-state index in [1.54, 1.807) is 0 Å². The first-order valence-corrected chi connectivity index (χ1v) is 9.60. The summed E-state index contributed by atoms with van der Waals surface area (Å²) >= 11 is 0. The summed E-state index contributed by atoms with van der Waals surface area (Å²) in [5, 5.41) is 0. The van der Waals surface area contributed by atoms with E-state index in [4.69, 9.17) is 0 Å². The first-order valence-electron chi connectivity index (χ1n) is 3.20. The molecule has 0 aliphatic rings. The molecule has 0 saturated carbocycles. The van der Waals surface area contributed by atoms with Gasteiger partial charge in [-0.05, 0) is 0 Å². The van der Waals surface area contributed by atoms with Crippen molar-refractivity contribution in [3.63, 3.8) is 0 Å². The summed E-state index contributed by atoms with van der Waals surface area (Å²) in [6.07, 6.45) is 0. The van der Waals surface area contributed by atoms with Crippen molar-refractivity contribution in [1.29, 1.82) is 0 Å². The van der Waals surface area contributed by atoms with E-state index < -0.39 is 14.3 Å². The highest BCUT2D eigenvalue weighted by atomic mass is 31.2. The quantitative estimate of drug-likeness (QED) is 0.432. The third kappa shape index (κ3) is 8.92. The van der Waals surface area contributed by atoms with E-state index in [-0.39, 0.29) is 0 Å². The Bertz CT molecular complexity index is 76.2. The van der Waals surface area contributed by atoms with Crippen LogP contribution in [0.1, 0.15) is 0 Å². The molecule has 0 amide bonds. The molecule has 0 bridgehead atoms. The monoisotopic (exact) mass is 163 g/mol. The van der Waals surface area contributed by atoms with Gasteiger partial charge >= 0.3 is 0 Å². The summed E-state index contributed by atoms with van der Waals surface area (Å²) in [5.74, 6) is 0. The highest BCUT2D eigenvalue weighted by Gasteiger charge is 2.20. The first-order chi connectivity index (χ1) is 3.71. The van der Waals surface area contributed by atoms with E-state index in [1.807, 2.05) is 0 Å². The second-order valence-corrected chi connectivity index (χ2v) is 13.7. The minimum absolute atomic E-state index is 0.613. The van der Waals surface area contributed by atoms with Gasteiger partial charge in [0.25, 0.3) is 0 Å². The third-order valence-electron chi connectivity index (χ3n) is 0.693. The lowest BCUT2D eigenvalue weighted by molar-refractivity contribution is 2.06. The van der Waals surface area contributed by atoms with Crippen molar-refractivity contribution in [1.82, 2.24) is 0 Å². The number of hydrogen-bond donors (Lipinski definition) is 0. The first kappa shape index (κ1) is 9.92. The summed E-state index contributed by atoms with van der Waals surface area (Å²) in [5.41, 5.74) is 0. The van der Waals surface area contributed by atoms with Gasteiger partial charge in [0, 0.05) is 40.0 Å². The zero-order valence-electron chi connectivity index (χ0n) is 7.47. The number of rotatable bonds is 2. The van der Waals surface area contributed by atoms with Crippen LogP contribution in [-0.4, -0.2) is 46.7 Å². The Hall–Kier alpha value is 0.925. The smallest absolute Gasteiger partial charge is 0.166 e. The minimum atomic E-state index is -0.613. The predicted octanol–water partition coefficient (Wildman–Crippen LogP) is 2.33. The summed E-state index contributed by atoms with van der Waals surface area (Å²) < 4.78 is 0. The fourth-order valence-electron chi connectivity index (χ4n) is 1.04. The highest BCUT2D eigenvalue weighted by molar-refractivity contribution is 8.26. The molecule has 9 heavy (non-hydrogen) atoms. The second kappa shape index (κ2) is 2.89. The molecule has 0 atom stereocenters. The van der Waals surface area contributed by atoms with Crippen molar-refractivity contribution < 1.29 is 0 Å². The maximum atomic E-state index is 2.60. The molecule has 0 aromatic rings. The fourth-order valence-corrected chi connectivity index (χ4v) is 9.35. The molecule has 0 fully saturated rings. The SMILES string of the molecule is C[P+](C)(C)[B-][P+](C)(C)C. The van der Waals surface area contributed by atoms with Gasteiger partial charge in [-0.2, -0.15) is 14.3 Å². The van der Waals surface area contributed by atoms with Crippen molar-refractivity contribution in [2.45, 2.75) is 0 Å². The molecule has 0 nitrogen and oxygen atoms in total. The molecule has 54 valence electrons. The van der Waals surface area contributed by atoms with Crippen LogP contribution in [0.2, 0.25) is 0 Å². The van der Waals surface area contributed by atoms with Crippen molar-refractivity contribution >= 4 is 21.0 Å². The summed E-state index contributed by atoms with van der Waals surface area (Å²) in [4.78, 5) is 0. The standard InChI is InChI=1S/C6H18BP2/c1-8(2,3)7-9(4,5)6/h1-6H3/q+1. The van der Waals surface area contributed by atoms with Crippen molar-refractivity contribution in [2.75, 3.05) is 40.0 Å². The number of hydrogen-bond acceptors (Lipinski definition) is 0. The van der Waals surface area contributed by atoms with Gasteiger partial charge in [0.1, 0.15) is 0 Å². The van der Waals surface area contributed by atoms with Crippen LogP contribution < -0.4 is 0 Å². The average Bonchev–Trinajstić information content (AvgIpc) is 1.14. The molecular weight excluding hydrogens is 145 g/mol. The van der Waals surface area contributed by atoms with E-state index in [0.29, 0.717) is 0 Å². The molecule has 0 saturated heterocycles. The van der Waals surface area contributed by atoms with Crippen molar-refractivity contribution in [2.24, 2.45) is 0 Å². The van der Waals surface area contributed by atoms with Gasteiger partial charge < -0.3 is 0 Å². The van der Waals surface area contributed by atoms with E-state index in [2.05, 4.69) is 46.7 Å². The maximum Gasteiger partial charge on any atom is 0.166 e. The van der Waals surface area contributed by atoms with Gasteiger partial charge in [-0.1, -0.05) is 0 Å². The molecule has 0 aliphatic heterocycles.